The third-order valence-electron chi connectivity index (χ3n) is 4.79. The Hall–Kier alpha value is -3.40. The van der Waals surface area contributed by atoms with E-state index in [0.717, 1.165) is 27.7 Å². The Balaban J connectivity index is 1.61. The summed E-state index contributed by atoms with van der Waals surface area (Å²) < 4.78 is 1.94. The lowest BCUT2D eigenvalue weighted by atomic mass is 10.0. The number of fused-ring (bicyclic) bond motifs is 1. The van der Waals surface area contributed by atoms with E-state index in [9.17, 15) is 4.79 Å². The highest BCUT2D eigenvalue weighted by Crippen LogP contribution is 2.22. The minimum absolute atomic E-state index is 0.0248. The SMILES string of the molecule is Cn1ccnc1[C@H](NC(=O)Cc1cccc2ccccc12)c1ccccc1. The van der Waals surface area contributed by atoms with Gasteiger partial charge in [-0.25, -0.2) is 4.98 Å². The van der Waals surface area contributed by atoms with Crippen LogP contribution in [0.5, 0.6) is 0 Å². The molecule has 1 heterocycles. The average molecular weight is 355 g/mol. The number of benzene rings is 3. The molecule has 4 rings (SSSR count). The highest BCUT2D eigenvalue weighted by molar-refractivity contribution is 5.90. The first kappa shape index (κ1) is 17.0. The summed E-state index contributed by atoms with van der Waals surface area (Å²) in [5.74, 6) is 0.788. The summed E-state index contributed by atoms with van der Waals surface area (Å²) >= 11 is 0. The highest BCUT2D eigenvalue weighted by atomic mass is 16.1. The number of nitrogens with zero attached hydrogens (tertiary/aromatic N) is 2. The molecule has 0 aliphatic heterocycles. The zero-order chi connectivity index (χ0) is 18.6. The van der Waals surface area contributed by atoms with Gasteiger partial charge in [0.15, 0.2) is 0 Å². The number of hydrogen-bond acceptors (Lipinski definition) is 2. The number of aromatic nitrogens is 2. The molecule has 1 atom stereocenters. The van der Waals surface area contributed by atoms with Crippen molar-refractivity contribution in [3.63, 3.8) is 0 Å². The molecular weight excluding hydrogens is 334 g/mol. The van der Waals surface area contributed by atoms with Gasteiger partial charge in [-0.15, -0.1) is 0 Å². The minimum Gasteiger partial charge on any atom is -0.342 e. The number of hydrogen-bond donors (Lipinski definition) is 1. The summed E-state index contributed by atoms with van der Waals surface area (Å²) in [6, 6.07) is 23.9. The van der Waals surface area contributed by atoms with Crippen LogP contribution in [-0.2, 0) is 18.3 Å². The van der Waals surface area contributed by atoms with Gasteiger partial charge in [0.1, 0.15) is 11.9 Å². The van der Waals surface area contributed by atoms with E-state index >= 15 is 0 Å². The normalized spacial score (nSPS) is 12.0. The molecule has 1 amide bonds. The van der Waals surface area contributed by atoms with Gasteiger partial charge in [0.05, 0.1) is 6.42 Å². The Morgan fingerprint density at radius 2 is 1.74 bits per heavy atom. The van der Waals surface area contributed by atoms with Crippen LogP contribution in [0.1, 0.15) is 23.0 Å². The quantitative estimate of drug-likeness (QED) is 0.588. The van der Waals surface area contributed by atoms with Crippen LogP contribution >= 0.6 is 0 Å². The lowest BCUT2D eigenvalue weighted by Gasteiger charge is -2.19. The van der Waals surface area contributed by atoms with Crippen molar-refractivity contribution in [1.29, 1.82) is 0 Å². The second-order valence-electron chi connectivity index (χ2n) is 6.62. The second kappa shape index (κ2) is 7.46. The molecule has 4 aromatic rings. The van der Waals surface area contributed by atoms with Gasteiger partial charge in [0, 0.05) is 19.4 Å². The number of aryl methyl sites for hydroxylation is 1. The highest BCUT2D eigenvalue weighted by Gasteiger charge is 2.20. The fraction of sp³-hybridized carbons (Fsp3) is 0.130. The Bertz CT molecular complexity index is 1060. The first-order valence-electron chi connectivity index (χ1n) is 9.00. The van der Waals surface area contributed by atoms with Gasteiger partial charge >= 0.3 is 0 Å². The summed E-state index contributed by atoms with van der Waals surface area (Å²) in [5, 5.41) is 5.43. The molecule has 0 radical (unpaired) electrons. The van der Waals surface area contributed by atoms with Crippen LogP contribution in [0.2, 0.25) is 0 Å². The van der Waals surface area contributed by atoms with Crippen molar-refractivity contribution in [2.45, 2.75) is 12.5 Å². The number of imidazole rings is 1. The Labute approximate surface area is 158 Å². The van der Waals surface area contributed by atoms with Crippen molar-refractivity contribution in [1.82, 2.24) is 14.9 Å². The molecule has 3 aromatic carbocycles. The van der Waals surface area contributed by atoms with E-state index in [1.54, 1.807) is 6.20 Å². The molecule has 0 aliphatic rings. The smallest absolute Gasteiger partial charge is 0.225 e. The van der Waals surface area contributed by atoms with Crippen LogP contribution < -0.4 is 5.32 Å². The number of carbonyl (C=O) groups excluding carboxylic acids is 1. The molecule has 0 fully saturated rings. The van der Waals surface area contributed by atoms with Crippen molar-refractivity contribution in [2.24, 2.45) is 7.05 Å². The van der Waals surface area contributed by atoms with Crippen LogP contribution in [0, 0.1) is 0 Å². The minimum atomic E-state index is -0.284. The van der Waals surface area contributed by atoms with Gasteiger partial charge < -0.3 is 9.88 Å². The number of amides is 1. The standard InChI is InChI=1S/C23H21N3O/c1-26-15-14-24-23(26)22(18-9-3-2-4-10-18)25-21(27)16-19-12-7-11-17-8-5-6-13-20(17)19/h2-15,22H,16H2,1H3,(H,25,27)/t22-/m1/s1. The summed E-state index contributed by atoms with van der Waals surface area (Å²) in [7, 11) is 1.94. The molecule has 1 N–H and O–H groups in total. The van der Waals surface area contributed by atoms with Gasteiger partial charge in [-0.2, -0.15) is 0 Å². The number of carbonyl (C=O) groups is 1. The van der Waals surface area contributed by atoms with Crippen LogP contribution in [-0.4, -0.2) is 15.5 Å². The summed E-state index contributed by atoms with van der Waals surface area (Å²) in [6.45, 7) is 0. The Morgan fingerprint density at radius 1 is 1.00 bits per heavy atom. The monoisotopic (exact) mass is 355 g/mol. The van der Waals surface area contributed by atoms with E-state index in [1.807, 2.05) is 72.4 Å². The summed E-state index contributed by atoms with van der Waals surface area (Å²) in [4.78, 5) is 17.3. The van der Waals surface area contributed by atoms with E-state index in [0.29, 0.717) is 6.42 Å². The lowest BCUT2D eigenvalue weighted by molar-refractivity contribution is -0.121. The van der Waals surface area contributed by atoms with Crippen molar-refractivity contribution < 1.29 is 4.79 Å². The zero-order valence-corrected chi connectivity index (χ0v) is 15.2. The predicted molar refractivity (Wildman–Crippen MR) is 107 cm³/mol. The average Bonchev–Trinajstić information content (AvgIpc) is 3.13. The third-order valence-corrected chi connectivity index (χ3v) is 4.79. The maximum atomic E-state index is 12.9. The van der Waals surface area contributed by atoms with Crippen molar-refractivity contribution in [3.8, 4) is 0 Å². The molecule has 4 heteroatoms. The largest absolute Gasteiger partial charge is 0.342 e. The predicted octanol–water partition coefficient (Wildman–Crippen LogP) is 4.02. The van der Waals surface area contributed by atoms with Gasteiger partial charge in [-0.1, -0.05) is 72.8 Å². The molecule has 1 aromatic heterocycles. The number of nitrogens with one attached hydrogen (secondary N) is 1. The maximum absolute atomic E-state index is 12.9. The van der Waals surface area contributed by atoms with Crippen LogP contribution in [0.3, 0.4) is 0 Å². The molecule has 134 valence electrons. The van der Waals surface area contributed by atoms with Gasteiger partial charge in [-0.05, 0) is 21.9 Å². The van der Waals surface area contributed by atoms with E-state index in [4.69, 9.17) is 0 Å². The van der Waals surface area contributed by atoms with E-state index < -0.39 is 0 Å². The van der Waals surface area contributed by atoms with Gasteiger partial charge in [0.25, 0.3) is 0 Å². The second-order valence-corrected chi connectivity index (χ2v) is 6.62. The molecule has 4 nitrogen and oxygen atoms in total. The zero-order valence-electron chi connectivity index (χ0n) is 15.2. The molecule has 0 aliphatic carbocycles. The van der Waals surface area contributed by atoms with Crippen molar-refractivity contribution in [3.05, 3.63) is 102 Å². The molecular formula is C23H21N3O. The van der Waals surface area contributed by atoms with E-state index in [-0.39, 0.29) is 11.9 Å². The van der Waals surface area contributed by atoms with Gasteiger partial charge in [-0.3, -0.25) is 4.79 Å². The van der Waals surface area contributed by atoms with E-state index in [2.05, 4.69) is 28.5 Å². The third kappa shape index (κ3) is 3.60. The van der Waals surface area contributed by atoms with Crippen molar-refractivity contribution in [2.75, 3.05) is 0 Å². The fourth-order valence-corrected chi connectivity index (χ4v) is 3.43. The first-order chi connectivity index (χ1) is 13.2. The van der Waals surface area contributed by atoms with Gasteiger partial charge in [0.2, 0.25) is 5.91 Å². The van der Waals surface area contributed by atoms with E-state index in [1.165, 1.54) is 0 Å². The molecule has 0 bridgehead atoms. The molecule has 0 unspecified atom stereocenters. The summed E-state index contributed by atoms with van der Waals surface area (Å²) in [5.41, 5.74) is 2.04. The molecule has 27 heavy (non-hydrogen) atoms. The Kier molecular flexibility index (Phi) is 4.71. The van der Waals surface area contributed by atoms with Crippen LogP contribution in [0.15, 0.2) is 85.2 Å². The Morgan fingerprint density at radius 3 is 2.52 bits per heavy atom. The molecule has 0 spiro atoms. The topological polar surface area (TPSA) is 46.9 Å². The summed E-state index contributed by atoms with van der Waals surface area (Å²) in [6.07, 6.45) is 3.97. The van der Waals surface area contributed by atoms with Crippen LogP contribution in [0.4, 0.5) is 0 Å². The first-order valence-corrected chi connectivity index (χ1v) is 9.00. The number of rotatable bonds is 5. The maximum Gasteiger partial charge on any atom is 0.225 e. The van der Waals surface area contributed by atoms with Crippen molar-refractivity contribution >= 4 is 16.7 Å². The molecule has 0 saturated carbocycles. The molecule has 0 saturated heterocycles. The lowest BCUT2D eigenvalue weighted by Crippen LogP contribution is -2.32. The van der Waals surface area contributed by atoms with Crippen LogP contribution in [0.25, 0.3) is 10.8 Å². The fourth-order valence-electron chi connectivity index (χ4n) is 3.43.